The maximum Gasteiger partial charge on any atom is 0.162 e. The van der Waals surface area contributed by atoms with Crippen molar-refractivity contribution in [3.05, 3.63) is 48.3 Å². The first kappa shape index (κ1) is 16.8. The molecule has 0 amide bonds. The van der Waals surface area contributed by atoms with Gasteiger partial charge in [0.05, 0.1) is 19.7 Å². The lowest BCUT2D eigenvalue weighted by Gasteiger charge is -2.12. The van der Waals surface area contributed by atoms with Crippen LogP contribution in [0.2, 0.25) is 0 Å². The highest BCUT2D eigenvalue weighted by atomic mass is 35.5. The molecule has 120 valence electrons. The Bertz CT molecular complexity index is 824. The summed E-state index contributed by atoms with van der Waals surface area (Å²) in [4.78, 5) is 8.64. The SMILES string of the molecule is COc1cc2ncnc(Nc3cccc(C)c3)c2cc1OC.Cl. The van der Waals surface area contributed by atoms with Crippen LogP contribution in [0.15, 0.2) is 42.7 Å². The van der Waals surface area contributed by atoms with Crippen LogP contribution in [0, 0.1) is 6.92 Å². The third kappa shape index (κ3) is 3.46. The smallest absolute Gasteiger partial charge is 0.162 e. The number of rotatable bonds is 4. The first-order chi connectivity index (χ1) is 10.7. The number of methoxy groups -OCH3 is 2. The van der Waals surface area contributed by atoms with Gasteiger partial charge in [-0.05, 0) is 30.7 Å². The van der Waals surface area contributed by atoms with Crippen LogP contribution in [0.1, 0.15) is 5.56 Å². The molecule has 1 aromatic heterocycles. The molecule has 0 aliphatic rings. The minimum absolute atomic E-state index is 0. The van der Waals surface area contributed by atoms with Crippen LogP contribution in [0.4, 0.5) is 11.5 Å². The Hall–Kier alpha value is -2.53. The van der Waals surface area contributed by atoms with E-state index < -0.39 is 0 Å². The van der Waals surface area contributed by atoms with Gasteiger partial charge in [-0.25, -0.2) is 9.97 Å². The second kappa shape index (κ2) is 7.15. The van der Waals surface area contributed by atoms with E-state index in [4.69, 9.17) is 9.47 Å². The molecule has 0 atom stereocenters. The third-order valence-corrected chi connectivity index (χ3v) is 3.42. The minimum Gasteiger partial charge on any atom is -0.493 e. The van der Waals surface area contributed by atoms with Gasteiger partial charge in [-0.3, -0.25) is 0 Å². The first-order valence-corrected chi connectivity index (χ1v) is 6.91. The highest BCUT2D eigenvalue weighted by Gasteiger charge is 2.11. The normalized spacial score (nSPS) is 10.0. The van der Waals surface area contributed by atoms with Crippen molar-refractivity contribution in [3.63, 3.8) is 0 Å². The van der Waals surface area contributed by atoms with Gasteiger partial charge in [-0.2, -0.15) is 0 Å². The summed E-state index contributed by atoms with van der Waals surface area (Å²) in [6.45, 7) is 2.05. The van der Waals surface area contributed by atoms with Crippen LogP contribution in [0.25, 0.3) is 10.9 Å². The highest BCUT2D eigenvalue weighted by Crippen LogP contribution is 2.34. The number of halogens is 1. The number of fused-ring (bicyclic) bond motifs is 1. The molecular formula is C17H18ClN3O2. The second-order valence-corrected chi connectivity index (χ2v) is 4.94. The van der Waals surface area contributed by atoms with Gasteiger partial charge in [0.2, 0.25) is 0 Å². The van der Waals surface area contributed by atoms with Crippen LogP contribution >= 0.6 is 12.4 Å². The fourth-order valence-electron chi connectivity index (χ4n) is 2.34. The number of aromatic nitrogens is 2. The highest BCUT2D eigenvalue weighted by molar-refractivity contribution is 5.93. The van der Waals surface area contributed by atoms with Crippen LogP contribution in [-0.4, -0.2) is 24.2 Å². The molecule has 3 aromatic rings. The van der Waals surface area contributed by atoms with Gasteiger partial charge in [-0.15, -0.1) is 12.4 Å². The van der Waals surface area contributed by atoms with Gasteiger partial charge in [0.1, 0.15) is 12.1 Å². The molecule has 0 aliphatic heterocycles. The van der Waals surface area contributed by atoms with Crippen LogP contribution in [-0.2, 0) is 0 Å². The van der Waals surface area contributed by atoms with Gasteiger partial charge >= 0.3 is 0 Å². The zero-order valence-corrected chi connectivity index (χ0v) is 14.0. The monoisotopic (exact) mass is 331 g/mol. The fraction of sp³-hybridized carbons (Fsp3) is 0.176. The lowest BCUT2D eigenvalue weighted by Crippen LogP contribution is -1.98. The number of hydrogen-bond acceptors (Lipinski definition) is 5. The summed E-state index contributed by atoms with van der Waals surface area (Å²) >= 11 is 0. The molecule has 0 spiro atoms. The number of ether oxygens (including phenoxy) is 2. The zero-order valence-electron chi connectivity index (χ0n) is 13.2. The van der Waals surface area contributed by atoms with Gasteiger partial charge in [-0.1, -0.05) is 12.1 Å². The van der Waals surface area contributed by atoms with Crippen molar-refractivity contribution in [1.29, 1.82) is 0 Å². The topological polar surface area (TPSA) is 56.3 Å². The summed E-state index contributed by atoms with van der Waals surface area (Å²) < 4.78 is 10.7. The Morgan fingerprint density at radius 3 is 2.39 bits per heavy atom. The molecule has 0 saturated carbocycles. The van der Waals surface area contributed by atoms with Crippen LogP contribution < -0.4 is 14.8 Å². The molecule has 1 N–H and O–H groups in total. The van der Waals surface area contributed by atoms with Crippen molar-refractivity contribution in [2.24, 2.45) is 0 Å². The lowest BCUT2D eigenvalue weighted by atomic mass is 10.2. The maximum atomic E-state index is 5.36. The standard InChI is InChI=1S/C17H17N3O2.ClH/c1-11-5-4-6-12(7-11)20-17-13-8-15(21-2)16(22-3)9-14(13)18-10-19-17;/h4-10H,1-3H3,(H,18,19,20);1H. The van der Waals surface area contributed by atoms with Crippen LogP contribution in [0.5, 0.6) is 11.5 Å². The van der Waals surface area contributed by atoms with Crippen molar-refractivity contribution in [2.75, 3.05) is 19.5 Å². The number of nitrogens with zero attached hydrogens (tertiary/aromatic N) is 2. The second-order valence-electron chi connectivity index (χ2n) is 4.94. The Labute approximate surface area is 141 Å². The lowest BCUT2D eigenvalue weighted by molar-refractivity contribution is 0.356. The molecule has 2 aromatic carbocycles. The number of anilines is 2. The van der Waals surface area contributed by atoms with E-state index in [9.17, 15) is 0 Å². The van der Waals surface area contributed by atoms with E-state index in [0.29, 0.717) is 11.5 Å². The summed E-state index contributed by atoms with van der Waals surface area (Å²) in [5, 5.41) is 4.21. The molecule has 0 unspecified atom stereocenters. The zero-order chi connectivity index (χ0) is 15.5. The van der Waals surface area contributed by atoms with Gasteiger partial charge in [0, 0.05) is 17.1 Å². The molecule has 0 radical (unpaired) electrons. The predicted molar refractivity (Wildman–Crippen MR) is 94.4 cm³/mol. The van der Waals surface area contributed by atoms with Crippen molar-refractivity contribution in [1.82, 2.24) is 9.97 Å². The fourth-order valence-corrected chi connectivity index (χ4v) is 2.34. The minimum atomic E-state index is 0. The molecule has 0 bridgehead atoms. The summed E-state index contributed by atoms with van der Waals surface area (Å²) in [5.41, 5.74) is 2.96. The molecule has 0 saturated heterocycles. The average Bonchev–Trinajstić information content (AvgIpc) is 2.54. The van der Waals surface area contributed by atoms with Gasteiger partial charge in [0.25, 0.3) is 0 Å². The van der Waals surface area contributed by atoms with Crippen molar-refractivity contribution in [2.45, 2.75) is 6.92 Å². The molecule has 0 aliphatic carbocycles. The Morgan fingerprint density at radius 2 is 1.70 bits per heavy atom. The van der Waals surface area contributed by atoms with Crippen molar-refractivity contribution < 1.29 is 9.47 Å². The van der Waals surface area contributed by atoms with E-state index in [1.54, 1.807) is 14.2 Å². The molecule has 6 heteroatoms. The summed E-state index contributed by atoms with van der Waals surface area (Å²) in [6.07, 6.45) is 1.53. The summed E-state index contributed by atoms with van der Waals surface area (Å²) in [6, 6.07) is 11.8. The molecule has 1 heterocycles. The number of nitrogens with one attached hydrogen (secondary N) is 1. The number of aryl methyl sites for hydroxylation is 1. The number of hydrogen-bond donors (Lipinski definition) is 1. The van der Waals surface area contributed by atoms with E-state index in [1.165, 1.54) is 11.9 Å². The van der Waals surface area contributed by atoms with Gasteiger partial charge < -0.3 is 14.8 Å². The van der Waals surface area contributed by atoms with E-state index in [1.807, 2.05) is 24.3 Å². The van der Waals surface area contributed by atoms with E-state index >= 15 is 0 Å². The molecular weight excluding hydrogens is 314 g/mol. The quantitative estimate of drug-likeness (QED) is 0.779. The van der Waals surface area contributed by atoms with Crippen LogP contribution in [0.3, 0.4) is 0 Å². The van der Waals surface area contributed by atoms with Crippen molar-refractivity contribution in [3.8, 4) is 11.5 Å². The van der Waals surface area contributed by atoms with E-state index in [0.717, 1.165) is 22.4 Å². The molecule has 0 fully saturated rings. The van der Waals surface area contributed by atoms with Gasteiger partial charge in [0.15, 0.2) is 11.5 Å². The largest absolute Gasteiger partial charge is 0.493 e. The predicted octanol–water partition coefficient (Wildman–Crippen LogP) is 4.12. The maximum absolute atomic E-state index is 5.36. The van der Waals surface area contributed by atoms with E-state index in [-0.39, 0.29) is 12.4 Å². The molecule has 23 heavy (non-hydrogen) atoms. The molecule has 5 nitrogen and oxygen atoms in total. The third-order valence-electron chi connectivity index (χ3n) is 3.42. The summed E-state index contributed by atoms with van der Waals surface area (Å²) in [5.74, 6) is 2.03. The summed E-state index contributed by atoms with van der Waals surface area (Å²) in [7, 11) is 3.22. The van der Waals surface area contributed by atoms with Crippen molar-refractivity contribution >= 4 is 34.8 Å². The molecule has 3 rings (SSSR count). The number of benzene rings is 2. The Morgan fingerprint density at radius 1 is 0.957 bits per heavy atom. The Balaban J connectivity index is 0.00000192. The first-order valence-electron chi connectivity index (χ1n) is 6.91. The van der Waals surface area contributed by atoms with E-state index in [2.05, 4.69) is 34.3 Å². The average molecular weight is 332 g/mol. The Kier molecular flexibility index (Phi) is 5.24.